The quantitative estimate of drug-likeness (QED) is 0.478. The van der Waals surface area contributed by atoms with Crippen molar-refractivity contribution in [1.82, 2.24) is 20.0 Å². The van der Waals surface area contributed by atoms with Crippen LogP contribution in [-0.4, -0.2) is 65.5 Å². The Morgan fingerprint density at radius 3 is 2.28 bits per heavy atom. The Hall–Kier alpha value is -3.95. The zero-order chi connectivity index (χ0) is 29.4. The standard InChI is InChI=1S/C20H16F8N6O4S/c21-18(22)5-13(6-29)34(10-18)15(35)7-30-17(36)14-9-33(31-16(14)19(23,24)25)8-11-1-3-12(4-2-11)32-39(37,38)20(26,27)28/h1-4,9,13,32H,5,7-8,10H2,(H,30,36)/t13-/m0/s1. The van der Waals surface area contributed by atoms with Crippen LogP contribution in [-0.2, 0) is 27.5 Å². The third-order valence-corrected chi connectivity index (χ3v) is 6.38. The topological polar surface area (TPSA) is 137 Å². The molecule has 0 saturated carbocycles. The molecule has 2 amide bonds. The molecule has 1 aliphatic rings. The van der Waals surface area contributed by atoms with Crippen molar-refractivity contribution in [1.29, 1.82) is 5.26 Å². The molecule has 0 aliphatic carbocycles. The number of hydrogen-bond acceptors (Lipinski definition) is 6. The minimum absolute atomic E-state index is 0.154. The second-order valence-corrected chi connectivity index (χ2v) is 9.92. The first-order valence-corrected chi connectivity index (χ1v) is 12.0. The van der Waals surface area contributed by atoms with Crippen molar-refractivity contribution in [3.05, 3.63) is 47.3 Å². The molecule has 1 aliphatic heterocycles. The minimum atomic E-state index is -5.70. The monoisotopic (exact) mass is 588 g/mol. The van der Waals surface area contributed by atoms with Gasteiger partial charge in [0.05, 0.1) is 31.3 Å². The molecule has 0 unspecified atom stereocenters. The van der Waals surface area contributed by atoms with E-state index in [1.54, 1.807) is 0 Å². The van der Waals surface area contributed by atoms with Crippen molar-refractivity contribution in [2.45, 2.75) is 36.6 Å². The first-order chi connectivity index (χ1) is 17.8. The number of benzene rings is 1. The van der Waals surface area contributed by atoms with E-state index < -0.39 is 88.5 Å². The Bertz CT molecular complexity index is 1400. The van der Waals surface area contributed by atoms with Gasteiger partial charge in [-0.05, 0) is 17.7 Å². The molecule has 19 heteroatoms. The first-order valence-electron chi connectivity index (χ1n) is 10.5. The SMILES string of the molecule is N#C[C@@H]1CC(F)(F)CN1C(=O)CNC(=O)c1cn(Cc2ccc(NS(=O)(=O)C(F)(F)F)cc2)nc1C(F)(F)F. The largest absolute Gasteiger partial charge is 0.516 e. The fraction of sp³-hybridized carbons (Fsp3) is 0.400. The Balaban J connectivity index is 1.73. The summed E-state index contributed by atoms with van der Waals surface area (Å²) in [5, 5.41) is 14.1. The van der Waals surface area contributed by atoms with E-state index in [4.69, 9.17) is 5.26 Å². The summed E-state index contributed by atoms with van der Waals surface area (Å²) >= 11 is 0. The lowest BCUT2D eigenvalue weighted by atomic mass is 10.2. The summed E-state index contributed by atoms with van der Waals surface area (Å²) in [5.41, 5.74) is -8.57. The number of hydrogen-bond donors (Lipinski definition) is 2. The molecular weight excluding hydrogens is 572 g/mol. The smallest absolute Gasteiger partial charge is 0.343 e. The average Bonchev–Trinajstić information content (AvgIpc) is 3.38. The molecule has 2 heterocycles. The van der Waals surface area contributed by atoms with Crippen LogP contribution in [0.1, 0.15) is 28.0 Å². The molecule has 1 aromatic carbocycles. The maximum Gasteiger partial charge on any atom is 0.516 e. The number of sulfonamides is 1. The summed E-state index contributed by atoms with van der Waals surface area (Å²) in [6.07, 6.45) is -5.39. The summed E-state index contributed by atoms with van der Waals surface area (Å²) in [5.74, 6) is -5.88. The van der Waals surface area contributed by atoms with Gasteiger partial charge in [-0.25, -0.2) is 8.78 Å². The van der Waals surface area contributed by atoms with Gasteiger partial charge in [0.25, 0.3) is 11.8 Å². The van der Waals surface area contributed by atoms with Crippen LogP contribution in [0.2, 0.25) is 0 Å². The number of rotatable bonds is 7. The molecule has 1 atom stereocenters. The zero-order valence-corrected chi connectivity index (χ0v) is 20.0. The van der Waals surface area contributed by atoms with Crippen molar-refractivity contribution in [3.63, 3.8) is 0 Å². The highest BCUT2D eigenvalue weighted by Crippen LogP contribution is 2.33. The van der Waals surface area contributed by atoms with Gasteiger partial charge in [0, 0.05) is 18.3 Å². The normalized spacial score (nSPS) is 17.5. The van der Waals surface area contributed by atoms with Crippen molar-refractivity contribution in [2.75, 3.05) is 17.8 Å². The molecule has 1 fully saturated rings. The molecular formula is C20H16F8N6O4S. The maximum atomic E-state index is 13.5. The second kappa shape index (κ2) is 10.3. The number of carbonyl (C=O) groups excluding carboxylic acids is 2. The first kappa shape index (κ1) is 29.6. The number of aromatic nitrogens is 2. The third-order valence-electron chi connectivity index (χ3n) is 5.27. The number of alkyl halides is 8. The van der Waals surface area contributed by atoms with Gasteiger partial charge in [0.1, 0.15) is 6.04 Å². The molecule has 0 bridgehead atoms. The van der Waals surface area contributed by atoms with Gasteiger partial charge in [-0.2, -0.15) is 45.1 Å². The van der Waals surface area contributed by atoms with E-state index in [2.05, 4.69) is 5.10 Å². The van der Waals surface area contributed by atoms with Gasteiger partial charge < -0.3 is 10.2 Å². The molecule has 2 aromatic rings. The van der Waals surface area contributed by atoms with E-state index >= 15 is 0 Å². The van der Waals surface area contributed by atoms with E-state index in [1.165, 1.54) is 10.8 Å². The Morgan fingerprint density at radius 1 is 1.13 bits per heavy atom. The van der Waals surface area contributed by atoms with Gasteiger partial charge >= 0.3 is 21.7 Å². The highest BCUT2D eigenvalue weighted by molar-refractivity contribution is 7.93. The summed E-state index contributed by atoms with van der Waals surface area (Å²) in [4.78, 5) is 25.1. The molecule has 1 saturated heterocycles. The van der Waals surface area contributed by atoms with E-state index in [9.17, 15) is 53.1 Å². The van der Waals surface area contributed by atoms with Gasteiger partial charge in [-0.3, -0.25) is 19.0 Å². The van der Waals surface area contributed by atoms with Crippen LogP contribution in [0.25, 0.3) is 0 Å². The number of nitrogens with one attached hydrogen (secondary N) is 2. The molecule has 10 nitrogen and oxygen atoms in total. The fourth-order valence-corrected chi connectivity index (χ4v) is 4.07. The van der Waals surface area contributed by atoms with Crippen LogP contribution < -0.4 is 10.0 Å². The summed E-state index contributed by atoms with van der Waals surface area (Å²) in [6.45, 7) is -2.51. The Kier molecular flexibility index (Phi) is 7.83. The van der Waals surface area contributed by atoms with Crippen LogP contribution in [0.5, 0.6) is 0 Å². The number of halogens is 8. The van der Waals surface area contributed by atoms with Crippen LogP contribution >= 0.6 is 0 Å². The molecule has 0 radical (unpaired) electrons. The molecule has 0 spiro atoms. The number of likely N-dealkylation sites (tertiary alicyclic amines) is 1. The number of carbonyl (C=O) groups is 2. The predicted octanol–water partition coefficient (Wildman–Crippen LogP) is 2.70. The van der Waals surface area contributed by atoms with Crippen molar-refractivity contribution >= 4 is 27.5 Å². The number of anilines is 1. The lowest BCUT2D eigenvalue weighted by Crippen LogP contribution is -2.43. The predicted molar refractivity (Wildman–Crippen MR) is 114 cm³/mol. The zero-order valence-electron chi connectivity index (χ0n) is 19.1. The molecule has 1 aromatic heterocycles. The summed E-state index contributed by atoms with van der Waals surface area (Å²) < 4.78 is 129. The van der Waals surface area contributed by atoms with Gasteiger partial charge in [0.15, 0.2) is 5.69 Å². The maximum absolute atomic E-state index is 13.5. The average molecular weight is 588 g/mol. The van der Waals surface area contributed by atoms with E-state index in [0.717, 1.165) is 24.3 Å². The fourth-order valence-electron chi connectivity index (χ4n) is 3.50. The Morgan fingerprint density at radius 2 is 1.74 bits per heavy atom. The number of nitrogens with zero attached hydrogens (tertiary/aromatic N) is 4. The Labute approximate surface area is 214 Å². The van der Waals surface area contributed by atoms with Crippen molar-refractivity contribution in [3.8, 4) is 6.07 Å². The van der Waals surface area contributed by atoms with Gasteiger partial charge in [-0.1, -0.05) is 12.1 Å². The lowest BCUT2D eigenvalue weighted by Gasteiger charge is -2.19. The van der Waals surface area contributed by atoms with Crippen LogP contribution in [0, 0.1) is 11.3 Å². The molecule has 39 heavy (non-hydrogen) atoms. The summed E-state index contributed by atoms with van der Waals surface area (Å²) in [7, 11) is -5.70. The van der Waals surface area contributed by atoms with E-state index in [0.29, 0.717) is 15.8 Å². The molecule has 3 rings (SSSR count). The third kappa shape index (κ3) is 6.93. The van der Waals surface area contributed by atoms with Crippen molar-refractivity contribution in [2.24, 2.45) is 0 Å². The van der Waals surface area contributed by atoms with Gasteiger partial charge in [-0.15, -0.1) is 0 Å². The summed E-state index contributed by atoms with van der Waals surface area (Å²) in [6, 6.07) is 4.06. The minimum Gasteiger partial charge on any atom is -0.343 e. The number of amides is 2. The van der Waals surface area contributed by atoms with E-state index in [1.807, 2.05) is 5.32 Å². The van der Waals surface area contributed by atoms with Crippen molar-refractivity contribution < 1.29 is 53.1 Å². The highest BCUT2D eigenvalue weighted by Gasteiger charge is 2.47. The lowest BCUT2D eigenvalue weighted by molar-refractivity contribution is -0.141. The van der Waals surface area contributed by atoms with Crippen LogP contribution in [0.15, 0.2) is 30.5 Å². The molecule has 212 valence electrons. The highest BCUT2D eigenvalue weighted by atomic mass is 32.2. The number of nitriles is 1. The van der Waals surface area contributed by atoms with Crippen LogP contribution in [0.3, 0.4) is 0 Å². The van der Waals surface area contributed by atoms with Crippen LogP contribution in [0.4, 0.5) is 40.8 Å². The van der Waals surface area contributed by atoms with Gasteiger partial charge in [0.2, 0.25) is 5.91 Å². The van der Waals surface area contributed by atoms with E-state index in [-0.39, 0.29) is 5.56 Å². The second-order valence-electron chi connectivity index (χ2n) is 8.24. The molecule has 2 N–H and O–H groups in total.